The number of halogens is 1. The molecular formula is C14H17BrN2S. The third kappa shape index (κ3) is 2.16. The first-order valence-corrected chi connectivity index (χ1v) is 7.75. The molecule has 2 atom stereocenters. The Balaban J connectivity index is 2.10. The molecule has 1 heterocycles. The van der Waals surface area contributed by atoms with Crippen LogP contribution in [0.3, 0.4) is 0 Å². The zero-order valence-corrected chi connectivity index (χ0v) is 12.9. The van der Waals surface area contributed by atoms with Crippen LogP contribution >= 0.6 is 28.1 Å². The van der Waals surface area contributed by atoms with Gasteiger partial charge in [-0.2, -0.15) is 0 Å². The second-order valence-electron chi connectivity index (χ2n) is 5.39. The van der Waals surface area contributed by atoms with Gasteiger partial charge in [0.05, 0.1) is 11.0 Å². The summed E-state index contributed by atoms with van der Waals surface area (Å²) < 4.78 is 4.28. The van der Waals surface area contributed by atoms with Crippen LogP contribution in [0.15, 0.2) is 22.7 Å². The van der Waals surface area contributed by atoms with E-state index in [4.69, 9.17) is 12.2 Å². The lowest BCUT2D eigenvalue weighted by molar-refractivity contribution is 0.285. The number of hydrogen-bond donors (Lipinski definition) is 1. The number of benzene rings is 1. The Bertz CT molecular complexity index is 628. The Morgan fingerprint density at radius 1 is 1.39 bits per heavy atom. The minimum Gasteiger partial charge on any atom is -0.331 e. The van der Waals surface area contributed by atoms with Crippen LogP contribution < -0.4 is 0 Å². The minimum atomic E-state index is 0.566. The van der Waals surface area contributed by atoms with E-state index in [1.54, 1.807) is 0 Å². The summed E-state index contributed by atoms with van der Waals surface area (Å²) in [5.41, 5.74) is 2.37. The number of H-pyrrole nitrogens is 1. The maximum absolute atomic E-state index is 5.51. The van der Waals surface area contributed by atoms with Gasteiger partial charge in [-0.05, 0) is 49.2 Å². The summed E-state index contributed by atoms with van der Waals surface area (Å²) in [5, 5.41) is 0. The van der Waals surface area contributed by atoms with Gasteiger partial charge in [0, 0.05) is 10.5 Å². The van der Waals surface area contributed by atoms with Gasteiger partial charge in [0.15, 0.2) is 4.77 Å². The standard InChI is InChI=1S/C14H17BrN2S/c1-9-3-2-4-11(7-9)17-13-6-5-10(15)8-12(13)16-14(17)18/h5-6,8-9,11H,2-4,7H2,1H3,(H,16,18). The molecule has 4 heteroatoms. The van der Waals surface area contributed by atoms with E-state index in [-0.39, 0.29) is 0 Å². The fourth-order valence-electron chi connectivity index (χ4n) is 3.10. The van der Waals surface area contributed by atoms with E-state index in [9.17, 15) is 0 Å². The van der Waals surface area contributed by atoms with Crippen molar-refractivity contribution >= 4 is 39.2 Å². The topological polar surface area (TPSA) is 20.7 Å². The predicted molar refractivity (Wildman–Crippen MR) is 81.5 cm³/mol. The number of hydrogen-bond acceptors (Lipinski definition) is 1. The third-order valence-electron chi connectivity index (χ3n) is 3.95. The maximum Gasteiger partial charge on any atom is 0.178 e. The van der Waals surface area contributed by atoms with Crippen molar-refractivity contribution in [3.63, 3.8) is 0 Å². The molecule has 1 aromatic carbocycles. The van der Waals surface area contributed by atoms with Gasteiger partial charge >= 0.3 is 0 Å². The molecule has 96 valence electrons. The van der Waals surface area contributed by atoms with Crippen LogP contribution in [-0.2, 0) is 0 Å². The Kier molecular flexibility index (Phi) is 3.32. The Morgan fingerprint density at radius 3 is 3.00 bits per heavy atom. The van der Waals surface area contributed by atoms with Crippen molar-refractivity contribution in [2.24, 2.45) is 5.92 Å². The lowest BCUT2D eigenvalue weighted by Gasteiger charge is -2.28. The average molecular weight is 325 g/mol. The number of nitrogens with one attached hydrogen (secondary N) is 1. The normalized spacial score (nSPS) is 24.6. The quantitative estimate of drug-likeness (QED) is 0.714. The highest BCUT2D eigenvalue weighted by molar-refractivity contribution is 9.10. The van der Waals surface area contributed by atoms with Gasteiger partial charge in [-0.1, -0.05) is 35.7 Å². The summed E-state index contributed by atoms with van der Waals surface area (Å²) >= 11 is 9.02. The molecule has 2 aromatic rings. The van der Waals surface area contributed by atoms with Gasteiger partial charge in [0.2, 0.25) is 0 Å². The van der Waals surface area contributed by atoms with E-state index < -0.39 is 0 Å². The van der Waals surface area contributed by atoms with Gasteiger partial charge in [0.1, 0.15) is 0 Å². The second-order valence-corrected chi connectivity index (χ2v) is 6.69. The van der Waals surface area contributed by atoms with E-state index in [1.165, 1.54) is 31.2 Å². The monoisotopic (exact) mass is 324 g/mol. The summed E-state index contributed by atoms with van der Waals surface area (Å²) in [6.45, 7) is 2.35. The Labute approximate surface area is 121 Å². The van der Waals surface area contributed by atoms with Gasteiger partial charge < -0.3 is 9.55 Å². The van der Waals surface area contributed by atoms with Crippen LogP contribution in [-0.4, -0.2) is 9.55 Å². The van der Waals surface area contributed by atoms with Crippen LogP contribution in [0.1, 0.15) is 38.6 Å². The van der Waals surface area contributed by atoms with Crippen molar-refractivity contribution in [1.82, 2.24) is 9.55 Å². The second kappa shape index (κ2) is 4.82. The zero-order valence-electron chi connectivity index (χ0n) is 10.4. The van der Waals surface area contributed by atoms with Crippen LogP contribution in [0.5, 0.6) is 0 Å². The molecule has 2 nitrogen and oxygen atoms in total. The largest absolute Gasteiger partial charge is 0.331 e. The SMILES string of the molecule is CC1CCCC(n2c(=S)[nH]c3cc(Br)ccc32)C1. The molecule has 0 aliphatic heterocycles. The maximum atomic E-state index is 5.51. The molecular weight excluding hydrogens is 308 g/mol. The molecule has 1 aliphatic carbocycles. The number of aromatic nitrogens is 2. The first-order chi connectivity index (χ1) is 8.65. The number of aromatic amines is 1. The molecule has 18 heavy (non-hydrogen) atoms. The molecule has 1 aromatic heterocycles. The average Bonchev–Trinajstić information content (AvgIpc) is 2.64. The van der Waals surface area contributed by atoms with Crippen molar-refractivity contribution in [2.75, 3.05) is 0 Å². The van der Waals surface area contributed by atoms with E-state index >= 15 is 0 Å². The Hall–Kier alpha value is -0.610. The highest BCUT2D eigenvalue weighted by Crippen LogP contribution is 2.34. The molecule has 1 aliphatic rings. The minimum absolute atomic E-state index is 0.566. The number of fused-ring (bicyclic) bond motifs is 1. The third-order valence-corrected chi connectivity index (χ3v) is 4.74. The highest BCUT2D eigenvalue weighted by atomic mass is 79.9. The van der Waals surface area contributed by atoms with Crippen molar-refractivity contribution in [3.05, 3.63) is 27.4 Å². The molecule has 0 radical (unpaired) electrons. The highest BCUT2D eigenvalue weighted by Gasteiger charge is 2.22. The fraction of sp³-hybridized carbons (Fsp3) is 0.500. The first kappa shape index (κ1) is 12.4. The summed E-state index contributed by atoms with van der Waals surface area (Å²) in [7, 11) is 0. The molecule has 1 N–H and O–H groups in total. The van der Waals surface area contributed by atoms with Gasteiger partial charge in [-0.3, -0.25) is 0 Å². The van der Waals surface area contributed by atoms with E-state index in [1.807, 2.05) is 0 Å². The van der Waals surface area contributed by atoms with E-state index in [2.05, 4.69) is 50.6 Å². The van der Waals surface area contributed by atoms with Crippen LogP contribution in [0, 0.1) is 10.7 Å². The molecule has 0 amide bonds. The molecule has 0 spiro atoms. The molecule has 3 rings (SSSR count). The number of nitrogens with zero attached hydrogens (tertiary/aromatic N) is 1. The summed E-state index contributed by atoms with van der Waals surface area (Å²) in [5.74, 6) is 0.811. The zero-order chi connectivity index (χ0) is 12.7. The lowest BCUT2D eigenvalue weighted by atomic mass is 9.87. The molecule has 1 saturated carbocycles. The van der Waals surface area contributed by atoms with Crippen molar-refractivity contribution in [2.45, 2.75) is 38.6 Å². The van der Waals surface area contributed by atoms with Gasteiger partial charge in [0.25, 0.3) is 0 Å². The molecule has 2 unspecified atom stereocenters. The van der Waals surface area contributed by atoms with Gasteiger partial charge in [-0.15, -0.1) is 0 Å². The predicted octanol–water partition coefficient (Wildman–Crippen LogP) is 5.21. The van der Waals surface area contributed by atoms with Gasteiger partial charge in [-0.25, -0.2) is 0 Å². The van der Waals surface area contributed by atoms with Crippen LogP contribution in [0.25, 0.3) is 11.0 Å². The smallest absolute Gasteiger partial charge is 0.178 e. The van der Waals surface area contributed by atoms with Crippen molar-refractivity contribution < 1.29 is 0 Å². The van der Waals surface area contributed by atoms with E-state index in [0.717, 1.165) is 20.7 Å². The Morgan fingerprint density at radius 2 is 2.22 bits per heavy atom. The van der Waals surface area contributed by atoms with Crippen LogP contribution in [0.4, 0.5) is 0 Å². The van der Waals surface area contributed by atoms with Crippen molar-refractivity contribution in [1.29, 1.82) is 0 Å². The molecule has 1 fully saturated rings. The molecule has 0 bridgehead atoms. The summed E-state index contributed by atoms with van der Waals surface area (Å²) in [4.78, 5) is 3.33. The number of rotatable bonds is 1. The van der Waals surface area contributed by atoms with Crippen LogP contribution in [0.2, 0.25) is 0 Å². The van der Waals surface area contributed by atoms with E-state index in [0.29, 0.717) is 6.04 Å². The summed E-state index contributed by atoms with van der Waals surface area (Å²) in [6.07, 6.45) is 5.17. The molecule has 0 saturated heterocycles. The summed E-state index contributed by atoms with van der Waals surface area (Å²) in [6, 6.07) is 6.92. The first-order valence-electron chi connectivity index (χ1n) is 6.55. The number of imidazole rings is 1. The fourth-order valence-corrected chi connectivity index (χ4v) is 3.82. The lowest BCUT2D eigenvalue weighted by Crippen LogP contribution is -2.17. The van der Waals surface area contributed by atoms with Crippen molar-refractivity contribution in [3.8, 4) is 0 Å².